The van der Waals surface area contributed by atoms with Gasteiger partial charge in [0.2, 0.25) is 11.8 Å². The van der Waals surface area contributed by atoms with Gasteiger partial charge in [-0.3, -0.25) is 13.9 Å². The first-order chi connectivity index (χ1) is 18.6. The van der Waals surface area contributed by atoms with Gasteiger partial charge in [-0.1, -0.05) is 67.4 Å². The van der Waals surface area contributed by atoms with Crippen molar-refractivity contribution in [1.82, 2.24) is 10.2 Å². The monoisotopic (exact) mass is 569 g/mol. The van der Waals surface area contributed by atoms with Crippen LogP contribution in [0.15, 0.2) is 77.7 Å². The molecule has 0 bridgehead atoms. The van der Waals surface area contributed by atoms with E-state index in [0.29, 0.717) is 17.3 Å². The maximum Gasteiger partial charge on any atom is 0.264 e. The van der Waals surface area contributed by atoms with Gasteiger partial charge in [0, 0.05) is 18.1 Å². The van der Waals surface area contributed by atoms with Gasteiger partial charge in [-0.25, -0.2) is 8.42 Å². The van der Waals surface area contributed by atoms with Crippen LogP contribution in [0.2, 0.25) is 5.02 Å². The highest BCUT2D eigenvalue weighted by molar-refractivity contribution is 7.92. The molecule has 3 aromatic rings. The zero-order chi connectivity index (χ0) is 28.6. The fourth-order valence-corrected chi connectivity index (χ4v) is 5.76. The van der Waals surface area contributed by atoms with E-state index in [1.165, 1.54) is 17.0 Å². The second-order valence-electron chi connectivity index (χ2n) is 9.51. The Morgan fingerprint density at radius 2 is 1.62 bits per heavy atom. The third-order valence-electron chi connectivity index (χ3n) is 6.72. The standard InChI is InChI=1S/C30H36ClN3O4S/c1-5-6-19-32-30(36)24(4)33(20-25-15-17-26(31)18-16-25)29(35)21-34(28-14-10-11-22(2)23(28)3)39(37,38)27-12-8-7-9-13-27/h7-18,24H,5-6,19-21H2,1-4H3,(H,32,36)/t24-/m0/s1. The van der Waals surface area contributed by atoms with Gasteiger partial charge in [0.15, 0.2) is 0 Å². The number of nitrogens with one attached hydrogen (secondary N) is 1. The van der Waals surface area contributed by atoms with Crippen molar-refractivity contribution in [2.75, 3.05) is 17.4 Å². The lowest BCUT2D eigenvalue weighted by Crippen LogP contribution is -2.51. The van der Waals surface area contributed by atoms with Crippen LogP contribution in [0, 0.1) is 13.8 Å². The van der Waals surface area contributed by atoms with Crippen LogP contribution in [0.3, 0.4) is 0 Å². The van der Waals surface area contributed by atoms with Crippen LogP contribution >= 0.6 is 11.6 Å². The Labute approximate surface area is 236 Å². The van der Waals surface area contributed by atoms with Crippen molar-refractivity contribution in [1.29, 1.82) is 0 Å². The number of nitrogens with zero attached hydrogens (tertiary/aromatic N) is 2. The first kappa shape index (κ1) is 30.2. The third-order valence-corrected chi connectivity index (χ3v) is 8.74. The lowest BCUT2D eigenvalue weighted by Gasteiger charge is -2.32. The highest BCUT2D eigenvalue weighted by Gasteiger charge is 2.33. The topological polar surface area (TPSA) is 86.8 Å². The summed E-state index contributed by atoms with van der Waals surface area (Å²) < 4.78 is 28.9. The Morgan fingerprint density at radius 1 is 0.949 bits per heavy atom. The van der Waals surface area contributed by atoms with E-state index in [1.807, 2.05) is 26.8 Å². The van der Waals surface area contributed by atoms with Gasteiger partial charge >= 0.3 is 0 Å². The molecule has 0 saturated heterocycles. The molecule has 0 aromatic heterocycles. The van der Waals surface area contributed by atoms with Gasteiger partial charge in [0.25, 0.3) is 10.0 Å². The van der Waals surface area contributed by atoms with E-state index in [9.17, 15) is 18.0 Å². The number of benzene rings is 3. The number of carbonyl (C=O) groups excluding carboxylic acids is 2. The molecule has 0 aliphatic heterocycles. The van der Waals surface area contributed by atoms with E-state index in [2.05, 4.69) is 5.32 Å². The number of unbranched alkanes of at least 4 members (excludes halogenated alkanes) is 1. The number of sulfonamides is 1. The molecule has 7 nitrogen and oxygen atoms in total. The van der Waals surface area contributed by atoms with E-state index < -0.39 is 28.5 Å². The highest BCUT2D eigenvalue weighted by atomic mass is 35.5. The van der Waals surface area contributed by atoms with Crippen molar-refractivity contribution < 1.29 is 18.0 Å². The van der Waals surface area contributed by atoms with E-state index in [4.69, 9.17) is 11.6 Å². The first-order valence-electron chi connectivity index (χ1n) is 13.0. The summed E-state index contributed by atoms with van der Waals surface area (Å²) in [6.45, 7) is 7.55. The predicted molar refractivity (Wildman–Crippen MR) is 156 cm³/mol. The lowest BCUT2D eigenvalue weighted by atomic mass is 10.1. The number of hydrogen-bond donors (Lipinski definition) is 1. The minimum atomic E-state index is -4.10. The summed E-state index contributed by atoms with van der Waals surface area (Å²) in [7, 11) is -4.10. The average Bonchev–Trinajstić information content (AvgIpc) is 2.93. The van der Waals surface area contributed by atoms with Crippen LogP contribution < -0.4 is 9.62 Å². The molecule has 3 aromatic carbocycles. The molecule has 0 saturated carbocycles. The Morgan fingerprint density at radius 3 is 2.26 bits per heavy atom. The maximum atomic E-state index is 14.0. The summed E-state index contributed by atoms with van der Waals surface area (Å²) in [4.78, 5) is 28.5. The molecule has 0 aliphatic rings. The van der Waals surface area contributed by atoms with Gasteiger partial charge in [0.1, 0.15) is 12.6 Å². The van der Waals surface area contributed by atoms with E-state index >= 15 is 0 Å². The molecule has 0 spiro atoms. The molecule has 208 valence electrons. The minimum Gasteiger partial charge on any atom is -0.354 e. The molecule has 39 heavy (non-hydrogen) atoms. The summed E-state index contributed by atoms with van der Waals surface area (Å²) >= 11 is 6.05. The average molecular weight is 570 g/mol. The summed E-state index contributed by atoms with van der Waals surface area (Å²) in [5.74, 6) is -0.793. The largest absolute Gasteiger partial charge is 0.354 e. The number of aryl methyl sites for hydroxylation is 1. The van der Waals surface area contributed by atoms with E-state index in [1.54, 1.807) is 61.5 Å². The summed E-state index contributed by atoms with van der Waals surface area (Å²) in [6.07, 6.45) is 1.74. The Hall–Kier alpha value is -3.36. The highest BCUT2D eigenvalue weighted by Crippen LogP contribution is 2.29. The normalized spacial score (nSPS) is 12.0. The number of halogens is 1. The van der Waals surface area contributed by atoms with Gasteiger partial charge in [-0.05, 0) is 74.2 Å². The molecule has 0 radical (unpaired) electrons. The van der Waals surface area contributed by atoms with Crippen LogP contribution in [-0.2, 0) is 26.2 Å². The fraction of sp³-hybridized carbons (Fsp3) is 0.333. The Balaban J connectivity index is 2.02. The summed E-state index contributed by atoms with van der Waals surface area (Å²) in [6, 6.07) is 19.6. The number of hydrogen-bond acceptors (Lipinski definition) is 4. The number of carbonyl (C=O) groups is 2. The first-order valence-corrected chi connectivity index (χ1v) is 14.8. The molecular formula is C30H36ClN3O4S. The Kier molecular flexibility index (Phi) is 10.5. The van der Waals surface area contributed by atoms with Gasteiger partial charge in [0.05, 0.1) is 10.6 Å². The summed E-state index contributed by atoms with van der Waals surface area (Å²) in [5.41, 5.74) is 2.83. The molecule has 9 heteroatoms. The van der Waals surface area contributed by atoms with E-state index in [0.717, 1.165) is 33.8 Å². The van der Waals surface area contributed by atoms with Crippen LogP contribution in [0.25, 0.3) is 0 Å². The van der Waals surface area contributed by atoms with Crippen LogP contribution in [0.5, 0.6) is 0 Å². The summed E-state index contributed by atoms with van der Waals surface area (Å²) in [5, 5.41) is 3.44. The van der Waals surface area contributed by atoms with Crippen molar-refractivity contribution in [3.8, 4) is 0 Å². The van der Waals surface area contributed by atoms with Crippen LogP contribution in [0.1, 0.15) is 43.4 Å². The van der Waals surface area contributed by atoms with Crippen molar-refractivity contribution in [3.05, 3.63) is 94.5 Å². The van der Waals surface area contributed by atoms with Gasteiger partial charge in [-0.2, -0.15) is 0 Å². The number of amides is 2. The number of anilines is 1. The Bertz CT molecular complexity index is 1380. The quantitative estimate of drug-likeness (QED) is 0.292. The van der Waals surface area contributed by atoms with Crippen molar-refractivity contribution in [2.45, 2.75) is 58.0 Å². The molecule has 0 aliphatic carbocycles. The smallest absolute Gasteiger partial charge is 0.264 e. The molecular weight excluding hydrogens is 534 g/mol. The predicted octanol–water partition coefficient (Wildman–Crippen LogP) is 5.49. The molecule has 2 amide bonds. The molecule has 0 unspecified atom stereocenters. The van der Waals surface area contributed by atoms with Crippen LogP contribution in [0.4, 0.5) is 5.69 Å². The van der Waals surface area contributed by atoms with E-state index in [-0.39, 0.29) is 17.3 Å². The van der Waals surface area contributed by atoms with Gasteiger partial charge in [-0.15, -0.1) is 0 Å². The molecule has 0 heterocycles. The molecule has 0 fully saturated rings. The minimum absolute atomic E-state index is 0.0771. The van der Waals surface area contributed by atoms with Gasteiger partial charge < -0.3 is 10.2 Å². The SMILES string of the molecule is CCCCNC(=O)[C@H](C)N(Cc1ccc(Cl)cc1)C(=O)CN(c1cccc(C)c1C)S(=O)(=O)c1ccccc1. The second-order valence-corrected chi connectivity index (χ2v) is 11.8. The zero-order valence-corrected chi connectivity index (χ0v) is 24.4. The van der Waals surface area contributed by atoms with Crippen LogP contribution in [-0.4, -0.2) is 44.3 Å². The number of rotatable bonds is 12. The van der Waals surface area contributed by atoms with Crippen molar-refractivity contribution >= 4 is 39.1 Å². The molecule has 1 atom stereocenters. The fourth-order valence-electron chi connectivity index (χ4n) is 4.14. The van der Waals surface area contributed by atoms with Crippen molar-refractivity contribution in [2.24, 2.45) is 0 Å². The van der Waals surface area contributed by atoms with Crippen molar-refractivity contribution in [3.63, 3.8) is 0 Å². The maximum absolute atomic E-state index is 14.0. The second kappa shape index (κ2) is 13.6. The zero-order valence-electron chi connectivity index (χ0n) is 22.9. The molecule has 3 rings (SSSR count). The lowest BCUT2D eigenvalue weighted by molar-refractivity contribution is -0.139. The third kappa shape index (κ3) is 7.61. The molecule has 1 N–H and O–H groups in total.